The van der Waals surface area contributed by atoms with Gasteiger partial charge in [0.1, 0.15) is 17.2 Å². The standard InChI is InChI=1S/C29H15F2NOS2/c1-14-2-6-17(7-3-14)32-22-12-21-23(33-27-19-9-5-16(31)11-25(19)35-29(21)27)13-20(22)28-26(32)18-8-4-15(30)10-24(18)34-28/h2-13H,1H3. The number of hydrogen-bond acceptors (Lipinski definition) is 3. The molecule has 0 aliphatic rings. The first kappa shape index (κ1) is 19.6. The molecule has 0 atom stereocenters. The molecule has 0 bridgehead atoms. The van der Waals surface area contributed by atoms with E-state index in [4.69, 9.17) is 4.42 Å². The van der Waals surface area contributed by atoms with E-state index in [9.17, 15) is 8.78 Å². The Kier molecular flexibility index (Phi) is 3.73. The van der Waals surface area contributed by atoms with Crippen LogP contribution < -0.4 is 0 Å². The number of furan rings is 1. The first-order valence-electron chi connectivity index (χ1n) is 11.2. The average Bonchev–Trinajstić information content (AvgIpc) is 3.55. The fourth-order valence-corrected chi connectivity index (χ4v) is 7.59. The molecule has 0 spiro atoms. The Morgan fingerprint density at radius 1 is 0.686 bits per heavy atom. The van der Waals surface area contributed by atoms with Crippen LogP contribution in [0.1, 0.15) is 5.56 Å². The lowest BCUT2D eigenvalue weighted by atomic mass is 10.2. The van der Waals surface area contributed by atoms with Crippen LogP contribution in [0, 0.1) is 18.6 Å². The number of hydrogen-bond donors (Lipinski definition) is 0. The Balaban J connectivity index is 1.56. The molecule has 8 aromatic rings. The highest BCUT2D eigenvalue weighted by atomic mass is 32.1. The second-order valence-corrected chi connectivity index (χ2v) is 11.1. The molecule has 35 heavy (non-hydrogen) atoms. The van der Waals surface area contributed by atoms with Gasteiger partial charge in [-0.25, -0.2) is 8.78 Å². The number of fused-ring (bicyclic) bond motifs is 10. The van der Waals surface area contributed by atoms with Gasteiger partial charge >= 0.3 is 0 Å². The molecule has 0 amide bonds. The molecule has 0 saturated carbocycles. The van der Waals surface area contributed by atoms with E-state index in [-0.39, 0.29) is 11.6 Å². The third-order valence-corrected chi connectivity index (χ3v) is 9.13. The zero-order valence-corrected chi connectivity index (χ0v) is 20.0. The molecule has 0 N–H and O–H groups in total. The van der Waals surface area contributed by atoms with Gasteiger partial charge in [0.05, 0.1) is 20.4 Å². The first-order chi connectivity index (χ1) is 17.0. The van der Waals surface area contributed by atoms with Crippen molar-refractivity contribution in [1.82, 2.24) is 4.57 Å². The fraction of sp³-hybridized carbons (Fsp3) is 0.0345. The Bertz CT molecular complexity index is 2140. The quantitative estimate of drug-likeness (QED) is 0.222. The summed E-state index contributed by atoms with van der Waals surface area (Å²) in [7, 11) is 0. The van der Waals surface area contributed by atoms with E-state index in [1.807, 2.05) is 6.07 Å². The summed E-state index contributed by atoms with van der Waals surface area (Å²) in [6, 6.07) is 22.6. The van der Waals surface area contributed by atoms with Crippen molar-refractivity contribution < 1.29 is 13.2 Å². The molecule has 2 nitrogen and oxygen atoms in total. The van der Waals surface area contributed by atoms with E-state index < -0.39 is 0 Å². The van der Waals surface area contributed by atoms with Gasteiger partial charge in [0.15, 0.2) is 5.58 Å². The Labute approximate surface area is 205 Å². The molecule has 6 heteroatoms. The monoisotopic (exact) mass is 495 g/mol. The third kappa shape index (κ3) is 2.61. The molecule has 0 radical (unpaired) electrons. The second kappa shape index (κ2) is 6.68. The SMILES string of the molecule is Cc1ccc(-n2c3cc4c(cc3c3sc5cc(F)ccc5c32)oc2c3ccc(F)cc3sc42)cc1. The molecule has 0 aliphatic carbocycles. The minimum absolute atomic E-state index is 0.232. The van der Waals surface area contributed by atoms with Gasteiger partial charge in [-0.05, 0) is 67.6 Å². The van der Waals surface area contributed by atoms with E-state index in [1.165, 1.54) is 17.7 Å². The lowest BCUT2D eigenvalue weighted by Gasteiger charge is -2.08. The summed E-state index contributed by atoms with van der Waals surface area (Å²) in [5, 5.41) is 4.05. The largest absolute Gasteiger partial charge is 0.454 e. The normalized spacial score (nSPS) is 12.4. The van der Waals surface area contributed by atoms with Crippen molar-refractivity contribution in [3.63, 3.8) is 0 Å². The second-order valence-electron chi connectivity index (χ2n) is 8.96. The molecule has 4 aromatic heterocycles. The molecule has 4 aromatic carbocycles. The van der Waals surface area contributed by atoms with Gasteiger partial charge in [0.25, 0.3) is 0 Å². The maximum atomic E-state index is 14.1. The highest BCUT2D eigenvalue weighted by Crippen LogP contribution is 2.47. The number of halogens is 2. The number of nitrogens with zero attached hydrogens (tertiary/aromatic N) is 1. The number of rotatable bonds is 1. The van der Waals surface area contributed by atoms with E-state index in [0.717, 1.165) is 68.2 Å². The highest BCUT2D eigenvalue weighted by molar-refractivity contribution is 7.27. The van der Waals surface area contributed by atoms with Crippen molar-refractivity contribution in [3.8, 4) is 5.69 Å². The van der Waals surface area contributed by atoms with Gasteiger partial charge in [-0.15, -0.1) is 22.7 Å². The van der Waals surface area contributed by atoms with Crippen molar-refractivity contribution in [3.05, 3.63) is 90.0 Å². The van der Waals surface area contributed by atoms with E-state index in [0.29, 0.717) is 0 Å². The van der Waals surface area contributed by atoms with Crippen LogP contribution in [0.25, 0.3) is 68.2 Å². The number of aryl methyl sites for hydroxylation is 1. The smallest absolute Gasteiger partial charge is 0.154 e. The van der Waals surface area contributed by atoms with Crippen LogP contribution in [0.4, 0.5) is 8.78 Å². The Morgan fingerprint density at radius 2 is 1.37 bits per heavy atom. The average molecular weight is 496 g/mol. The summed E-state index contributed by atoms with van der Waals surface area (Å²) in [5.74, 6) is -0.477. The molecule has 8 rings (SSSR count). The minimum Gasteiger partial charge on any atom is -0.454 e. The van der Waals surface area contributed by atoms with Crippen LogP contribution in [-0.2, 0) is 0 Å². The molecule has 4 heterocycles. The summed E-state index contributed by atoms with van der Waals surface area (Å²) in [6.45, 7) is 2.08. The maximum absolute atomic E-state index is 14.1. The van der Waals surface area contributed by atoms with Crippen molar-refractivity contribution in [1.29, 1.82) is 0 Å². The topological polar surface area (TPSA) is 18.1 Å². The molecule has 168 valence electrons. The predicted octanol–water partition coefficient (Wildman–Crippen LogP) is 9.70. The summed E-state index contributed by atoms with van der Waals surface area (Å²) in [5.41, 5.74) is 5.99. The van der Waals surface area contributed by atoms with E-state index in [2.05, 4.69) is 47.9 Å². The zero-order chi connectivity index (χ0) is 23.4. The van der Waals surface area contributed by atoms with Gasteiger partial charge in [-0.3, -0.25) is 0 Å². The molecule has 0 fully saturated rings. The van der Waals surface area contributed by atoms with Crippen LogP contribution in [-0.4, -0.2) is 4.57 Å². The number of thiophene rings is 2. The van der Waals surface area contributed by atoms with E-state index in [1.54, 1.807) is 40.9 Å². The van der Waals surface area contributed by atoms with Gasteiger partial charge in [-0.1, -0.05) is 17.7 Å². The summed E-state index contributed by atoms with van der Waals surface area (Å²) in [4.78, 5) is 0. The molecular weight excluding hydrogens is 480 g/mol. The lowest BCUT2D eigenvalue weighted by Crippen LogP contribution is -1.93. The number of benzene rings is 4. The molecular formula is C29H15F2NOS2. The third-order valence-electron chi connectivity index (χ3n) is 6.79. The minimum atomic E-state index is -0.245. The van der Waals surface area contributed by atoms with Gasteiger partial charge < -0.3 is 8.98 Å². The summed E-state index contributed by atoms with van der Waals surface area (Å²) in [6.07, 6.45) is 0. The van der Waals surface area contributed by atoms with Crippen LogP contribution in [0.2, 0.25) is 0 Å². The van der Waals surface area contributed by atoms with Gasteiger partial charge in [0.2, 0.25) is 0 Å². The summed E-state index contributed by atoms with van der Waals surface area (Å²) >= 11 is 3.16. The van der Waals surface area contributed by atoms with Crippen molar-refractivity contribution in [2.24, 2.45) is 0 Å². The highest BCUT2D eigenvalue weighted by Gasteiger charge is 2.22. The van der Waals surface area contributed by atoms with Crippen LogP contribution in [0.3, 0.4) is 0 Å². The maximum Gasteiger partial charge on any atom is 0.154 e. The Hall–Kier alpha value is -3.74. The van der Waals surface area contributed by atoms with Crippen molar-refractivity contribution >= 4 is 85.2 Å². The van der Waals surface area contributed by atoms with E-state index >= 15 is 0 Å². The van der Waals surface area contributed by atoms with Crippen LogP contribution >= 0.6 is 22.7 Å². The fourth-order valence-electron chi connectivity index (χ4n) is 5.18. The van der Waals surface area contributed by atoms with Crippen molar-refractivity contribution in [2.45, 2.75) is 6.92 Å². The van der Waals surface area contributed by atoms with Crippen LogP contribution in [0.15, 0.2) is 77.2 Å². The van der Waals surface area contributed by atoms with Gasteiger partial charge in [-0.2, -0.15) is 0 Å². The first-order valence-corrected chi connectivity index (χ1v) is 12.9. The zero-order valence-electron chi connectivity index (χ0n) is 18.4. The lowest BCUT2D eigenvalue weighted by molar-refractivity contribution is 0.629. The molecule has 0 aliphatic heterocycles. The number of aromatic nitrogens is 1. The molecule has 0 unspecified atom stereocenters. The predicted molar refractivity (Wildman–Crippen MR) is 143 cm³/mol. The molecule has 0 saturated heterocycles. The summed E-state index contributed by atoms with van der Waals surface area (Å²) < 4.78 is 40.5. The van der Waals surface area contributed by atoms with Gasteiger partial charge in [0, 0.05) is 36.6 Å². The van der Waals surface area contributed by atoms with Crippen LogP contribution in [0.5, 0.6) is 0 Å². The Morgan fingerprint density at radius 3 is 2.14 bits per heavy atom. The van der Waals surface area contributed by atoms with Crippen molar-refractivity contribution in [2.75, 3.05) is 0 Å².